The van der Waals surface area contributed by atoms with Crippen molar-refractivity contribution >= 4 is 11.8 Å². The third-order valence-electron chi connectivity index (χ3n) is 3.44. The molecule has 0 aliphatic heterocycles. The van der Waals surface area contributed by atoms with Crippen LogP contribution in [0.4, 0.5) is 0 Å². The van der Waals surface area contributed by atoms with E-state index in [4.69, 9.17) is 0 Å². The Balaban J connectivity index is 2.10. The van der Waals surface area contributed by atoms with Crippen LogP contribution < -0.4 is 5.32 Å². The van der Waals surface area contributed by atoms with E-state index in [1.165, 1.54) is 10.5 Å². The van der Waals surface area contributed by atoms with Gasteiger partial charge in [-0.15, -0.1) is 11.8 Å². The first-order valence-corrected chi connectivity index (χ1v) is 7.75. The van der Waals surface area contributed by atoms with Crippen molar-refractivity contribution < 1.29 is 0 Å². The lowest BCUT2D eigenvalue weighted by Crippen LogP contribution is -2.18. The largest absolute Gasteiger partial charge is 0.338 e. The average molecular weight is 275 g/mol. The lowest BCUT2D eigenvalue weighted by Gasteiger charge is -2.19. The fraction of sp³-hybridized carbons (Fsp3) is 0.400. The summed E-state index contributed by atoms with van der Waals surface area (Å²) in [5.74, 6) is 1.14. The Morgan fingerprint density at radius 2 is 2.16 bits per heavy atom. The van der Waals surface area contributed by atoms with Gasteiger partial charge in [0.2, 0.25) is 0 Å². The molecule has 0 bridgehead atoms. The van der Waals surface area contributed by atoms with Crippen LogP contribution in [0.2, 0.25) is 0 Å². The third kappa shape index (κ3) is 3.39. The number of hydrogen-bond acceptors (Lipinski definition) is 3. The average Bonchev–Trinajstić information content (AvgIpc) is 2.85. The summed E-state index contributed by atoms with van der Waals surface area (Å²) in [5, 5.41) is 3.42. The predicted molar refractivity (Wildman–Crippen MR) is 81.6 cm³/mol. The summed E-state index contributed by atoms with van der Waals surface area (Å²) in [4.78, 5) is 5.74. The Morgan fingerprint density at radius 1 is 1.37 bits per heavy atom. The Kier molecular flexibility index (Phi) is 5.05. The number of nitrogens with one attached hydrogen (secondary N) is 1. The highest BCUT2D eigenvalue weighted by Crippen LogP contribution is 2.28. The van der Waals surface area contributed by atoms with E-state index in [-0.39, 0.29) is 0 Å². The molecule has 1 unspecified atom stereocenters. The van der Waals surface area contributed by atoms with E-state index in [0.29, 0.717) is 6.04 Å². The molecule has 0 aliphatic carbocycles. The van der Waals surface area contributed by atoms with E-state index in [1.54, 1.807) is 11.8 Å². The Bertz CT molecular complexity index is 522. The lowest BCUT2D eigenvalue weighted by molar-refractivity contribution is 0.529. The summed E-state index contributed by atoms with van der Waals surface area (Å²) in [6, 6.07) is 8.98. The summed E-state index contributed by atoms with van der Waals surface area (Å²) in [5.41, 5.74) is 1.38. The van der Waals surface area contributed by atoms with Crippen LogP contribution >= 0.6 is 11.8 Å². The molecule has 1 N–H and O–H groups in total. The number of rotatable bonds is 6. The number of aromatic nitrogens is 2. The van der Waals surface area contributed by atoms with E-state index in [2.05, 4.69) is 45.4 Å². The van der Waals surface area contributed by atoms with Crippen molar-refractivity contribution in [2.24, 2.45) is 7.05 Å². The molecular formula is C15H21N3S. The van der Waals surface area contributed by atoms with Crippen molar-refractivity contribution in [2.45, 2.75) is 23.8 Å². The Labute approximate surface area is 119 Å². The van der Waals surface area contributed by atoms with Crippen LogP contribution in [-0.2, 0) is 13.5 Å². The van der Waals surface area contributed by atoms with Gasteiger partial charge in [-0.3, -0.25) is 0 Å². The molecule has 0 fully saturated rings. The molecule has 4 heteroatoms. The SMILES string of the molecule is CNC(CCc1nccn1C)c1ccccc1SC. The molecule has 0 aliphatic rings. The minimum absolute atomic E-state index is 0.375. The molecule has 0 radical (unpaired) electrons. The molecule has 2 aromatic rings. The van der Waals surface area contributed by atoms with Crippen molar-refractivity contribution in [3.05, 3.63) is 48.0 Å². The van der Waals surface area contributed by atoms with Gasteiger partial charge in [-0.05, 0) is 31.4 Å². The molecule has 0 saturated heterocycles. The van der Waals surface area contributed by atoms with Crippen LogP contribution in [0, 0.1) is 0 Å². The highest BCUT2D eigenvalue weighted by atomic mass is 32.2. The number of hydrogen-bond donors (Lipinski definition) is 1. The van der Waals surface area contributed by atoms with E-state index in [9.17, 15) is 0 Å². The van der Waals surface area contributed by atoms with E-state index in [0.717, 1.165) is 18.7 Å². The monoisotopic (exact) mass is 275 g/mol. The molecular weight excluding hydrogens is 254 g/mol. The zero-order valence-corrected chi connectivity index (χ0v) is 12.6. The molecule has 19 heavy (non-hydrogen) atoms. The van der Waals surface area contributed by atoms with Gasteiger partial charge in [0.25, 0.3) is 0 Å². The first-order chi connectivity index (χ1) is 9.26. The summed E-state index contributed by atoms with van der Waals surface area (Å²) < 4.78 is 2.09. The molecule has 1 aromatic carbocycles. The van der Waals surface area contributed by atoms with E-state index >= 15 is 0 Å². The zero-order chi connectivity index (χ0) is 13.7. The standard InChI is InChI=1S/C15H21N3S/c1-16-13(8-9-15-17-10-11-18(15)2)12-6-4-5-7-14(12)19-3/h4-7,10-11,13,16H,8-9H2,1-3H3. The maximum absolute atomic E-state index is 4.39. The molecule has 1 heterocycles. The first-order valence-electron chi connectivity index (χ1n) is 6.52. The second-order valence-electron chi connectivity index (χ2n) is 4.58. The molecule has 1 aromatic heterocycles. The smallest absolute Gasteiger partial charge is 0.108 e. The van der Waals surface area contributed by atoms with Gasteiger partial charge in [-0.1, -0.05) is 18.2 Å². The van der Waals surface area contributed by atoms with Crippen molar-refractivity contribution in [1.29, 1.82) is 0 Å². The van der Waals surface area contributed by atoms with Gasteiger partial charge >= 0.3 is 0 Å². The summed E-state index contributed by atoms with van der Waals surface area (Å²) >= 11 is 1.80. The Morgan fingerprint density at radius 3 is 2.79 bits per heavy atom. The summed E-state index contributed by atoms with van der Waals surface area (Å²) in [6.45, 7) is 0. The minimum atomic E-state index is 0.375. The van der Waals surface area contributed by atoms with Crippen LogP contribution in [0.1, 0.15) is 23.9 Å². The van der Waals surface area contributed by atoms with E-state index < -0.39 is 0 Å². The third-order valence-corrected chi connectivity index (χ3v) is 4.25. The van der Waals surface area contributed by atoms with Gasteiger partial charge in [0.1, 0.15) is 5.82 Å². The molecule has 3 nitrogen and oxygen atoms in total. The maximum atomic E-state index is 4.39. The van der Waals surface area contributed by atoms with Crippen LogP contribution in [-0.4, -0.2) is 22.9 Å². The number of imidazole rings is 1. The quantitative estimate of drug-likeness (QED) is 0.822. The number of nitrogens with zero attached hydrogens (tertiary/aromatic N) is 2. The van der Waals surface area contributed by atoms with Crippen LogP contribution in [0.3, 0.4) is 0 Å². The van der Waals surface area contributed by atoms with Gasteiger partial charge in [-0.2, -0.15) is 0 Å². The number of aryl methyl sites for hydroxylation is 2. The van der Waals surface area contributed by atoms with Gasteiger partial charge in [0.05, 0.1) is 0 Å². The van der Waals surface area contributed by atoms with Gasteiger partial charge in [-0.25, -0.2) is 4.98 Å². The Hall–Kier alpha value is -1.26. The molecule has 0 amide bonds. The predicted octanol–water partition coefficient (Wildman–Crippen LogP) is 3.04. The fourth-order valence-corrected chi connectivity index (χ4v) is 2.98. The van der Waals surface area contributed by atoms with Crippen molar-refractivity contribution in [3.8, 4) is 0 Å². The van der Waals surface area contributed by atoms with Gasteiger partial charge in [0, 0.05) is 36.8 Å². The molecule has 1 atom stereocenters. The molecule has 102 valence electrons. The van der Waals surface area contributed by atoms with Gasteiger partial charge in [0.15, 0.2) is 0 Å². The lowest BCUT2D eigenvalue weighted by atomic mass is 10.0. The summed E-state index contributed by atoms with van der Waals surface area (Å²) in [7, 11) is 4.08. The molecule has 2 rings (SSSR count). The minimum Gasteiger partial charge on any atom is -0.338 e. The second-order valence-corrected chi connectivity index (χ2v) is 5.42. The van der Waals surface area contributed by atoms with E-state index in [1.807, 2.05) is 26.5 Å². The van der Waals surface area contributed by atoms with Crippen LogP contribution in [0.15, 0.2) is 41.6 Å². The molecule has 0 spiro atoms. The highest BCUT2D eigenvalue weighted by molar-refractivity contribution is 7.98. The summed E-state index contributed by atoms with van der Waals surface area (Å²) in [6.07, 6.45) is 8.03. The van der Waals surface area contributed by atoms with Crippen molar-refractivity contribution in [3.63, 3.8) is 0 Å². The van der Waals surface area contributed by atoms with Crippen LogP contribution in [0.5, 0.6) is 0 Å². The first kappa shape index (κ1) is 14.2. The fourth-order valence-electron chi connectivity index (χ4n) is 2.32. The topological polar surface area (TPSA) is 29.9 Å². The zero-order valence-electron chi connectivity index (χ0n) is 11.8. The number of benzene rings is 1. The molecule has 0 saturated carbocycles. The highest BCUT2D eigenvalue weighted by Gasteiger charge is 2.13. The number of thioether (sulfide) groups is 1. The maximum Gasteiger partial charge on any atom is 0.108 e. The van der Waals surface area contributed by atoms with Crippen molar-refractivity contribution in [2.75, 3.05) is 13.3 Å². The second kappa shape index (κ2) is 6.78. The van der Waals surface area contributed by atoms with Crippen molar-refractivity contribution in [1.82, 2.24) is 14.9 Å². The van der Waals surface area contributed by atoms with Crippen LogP contribution in [0.25, 0.3) is 0 Å². The normalized spacial score (nSPS) is 12.6. The van der Waals surface area contributed by atoms with Gasteiger partial charge < -0.3 is 9.88 Å².